The van der Waals surface area contributed by atoms with Crippen molar-refractivity contribution in [3.05, 3.63) is 34.1 Å². The van der Waals surface area contributed by atoms with Gasteiger partial charge in [-0.15, -0.1) is 10.2 Å². The largest absolute Gasteiger partial charge is 0.474 e. The fourth-order valence-electron chi connectivity index (χ4n) is 1.09. The summed E-state index contributed by atoms with van der Waals surface area (Å²) in [7, 11) is 0. The monoisotopic (exact) mass is 258 g/mol. The average Bonchev–Trinajstić information content (AvgIpc) is 2.71. The second-order valence-corrected chi connectivity index (χ2v) is 3.60. The van der Waals surface area contributed by atoms with Gasteiger partial charge in [-0.2, -0.15) is 0 Å². The molecule has 82 valence electrons. The highest BCUT2D eigenvalue weighted by atomic mass is 35.5. The van der Waals surface area contributed by atoms with Crippen molar-refractivity contribution in [1.29, 1.82) is 0 Å². The van der Waals surface area contributed by atoms with E-state index in [2.05, 4.69) is 10.2 Å². The fraction of sp³-hybridized carbons (Fsp3) is 0. The minimum atomic E-state index is -1.29. The smallest absolute Gasteiger partial charge is 0.393 e. The summed E-state index contributed by atoms with van der Waals surface area (Å²) in [5.74, 6) is -1.77. The molecule has 1 aromatic carbocycles. The Labute approximate surface area is 99.6 Å². The molecule has 0 bridgehead atoms. The minimum Gasteiger partial charge on any atom is -0.474 e. The van der Waals surface area contributed by atoms with Gasteiger partial charge in [0, 0.05) is 0 Å². The van der Waals surface area contributed by atoms with Crippen molar-refractivity contribution < 1.29 is 14.3 Å². The van der Waals surface area contributed by atoms with Crippen molar-refractivity contribution in [1.82, 2.24) is 10.2 Å². The number of rotatable bonds is 2. The number of benzene rings is 1. The quantitative estimate of drug-likeness (QED) is 0.897. The zero-order chi connectivity index (χ0) is 11.7. The van der Waals surface area contributed by atoms with Crippen LogP contribution in [0.25, 0.3) is 11.5 Å². The van der Waals surface area contributed by atoms with Crippen molar-refractivity contribution in [2.24, 2.45) is 0 Å². The van der Waals surface area contributed by atoms with Crippen LogP contribution in [0.5, 0.6) is 0 Å². The molecule has 0 atom stereocenters. The lowest BCUT2D eigenvalue weighted by atomic mass is 10.2. The van der Waals surface area contributed by atoms with Crippen LogP contribution in [-0.4, -0.2) is 21.3 Å². The Morgan fingerprint density at radius 1 is 1.31 bits per heavy atom. The van der Waals surface area contributed by atoms with E-state index in [-0.39, 0.29) is 10.9 Å². The molecule has 2 aromatic rings. The van der Waals surface area contributed by atoms with Gasteiger partial charge in [-0.3, -0.25) is 0 Å². The number of hydrogen-bond donors (Lipinski definition) is 1. The van der Waals surface area contributed by atoms with E-state index in [1.165, 1.54) is 0 Å². The van der Waals surface area contributed by atoms with E-state index < -0.39 is 11.9 Å². The van der Waals surface area contributed by atoms with Crippen LogP contribution in [0.15, 0.2) is 22.6 Å². The third-order valence-corrected chi connectivity index (χ3v) is 2.61. The molecule has 1 N–H and O–H groups in total. The number of hydrogen-bond acceptors (Lipinski definition) is 4. The maximum Gasteiger partial charge on any atom is 0.393 e. The van der Waals surface area contributed by atoms with E-state index in [4.69, 9.17) is 32.7 Å². The Bertz CT molecular complexity index is 553. The van der Waals surface area contributed by atoms with Crippen LogP contribution < -0.4 is 0 Å². The Morgan fingerprint density at radius 3 is 2.69 bits per heavy atom. The van der Waals surface area contributed by atoms with Gasteiger partial charge in [0.15, 0.2) is 0 Å². The predicted octanol–water partition coefficient (Wildman–Crippen LogP) is 2.74. The van der Waals surface area contributed by atoms with Crippen LogP contribution in [0.1, 0.15) is 10.7 Å². The normalized spacial score (nSPS) is 10.4. The molecule has 0 aliphatic heterocycles. The number of nitrogens with zero attached hydrogens (tertiary/aromatic N) is 2. The van der Waals surface area contributed by atoms with Gasteiger partial charge in [-0.05, 0) is 12.1 Å². The topological polar surface area (TPSA) is 76.2 Å². The van der Waals surface area contributed by atoms with Crippen molar-refractivity contribution in [2.45, 2.75) is 0 Å². The third-order valence-electron chi connectivity index (χ3n) is 1.79. The standard InChI is InChI=1S/C9H4Cl2N2O3/c10-5-3-1-2-4(6(5)11)7-12-13-8(16-7)9(14)15/h1-3H,(H,14,15). The second-order valence-electron chi connectivity index (χ2n) is 2.82. The SMILES string of the molecule is O=C(O)c1nnc(-c2cccc(Cl)c2Cl)o1. The first-order chi connectivity index (χ1) is 7.59. The summed E-state index contributed by atoms with van der Waals surface area (Å²) in [4.78, 5) is 10.5. The molecule has 1 heterocycles. The molecule has 0 aliphatic rings. The second kappa shape index (κ2) is 4.11. The molecule has 16 heavy (non-hydrogen) atoms. The van der Waals surface area contributed by atoms with Gasteiger partial charge in [-0.1, -0.05) is 29.3 Å². The molecule has 1 aromatic heterocycles. The van der Waals surface area contributed by atoms with Crippen LogP contribution in [0.3, 0.4) is 0 Å². The lowest BCUT2D eigenvalue weighted by Gasteiger charge is -1.99. The predicted molar refractivity (Wildman–Crippen MR) is 56.7 cm³/mol. The number of aromatic carboxylic acids is 1. The molecule has 0 radical (unpaired) electrons. The Morgan fingerprint density at radius 2 is 2.06 bits per heavy atom. The summed E-state index contributed by atoms with van der Waals surface area (Å²) in [5, 5.41) is 16.1. The van der Waals surface area contributed by atoms with Crippen LogP contribution in [0.4, 0.5) is 0 Å². The molecule has 2 rings (SSSR count). The Balaban J connectivity index is 2.50. The summed E-state index contributed by atoms with van der Waals surface area (Å²) >= 11 is 11.7. The van der Waals surface area contributed by atoms with Gasteiger partial charge < -0.3 is 9.52 Å². The van der Waals surface area contributed by atoms with E-state index in [0.29, 0.717) is 10.6 Å². The van der Waals surface area contributed by atoms with Gasteiger partial charge in [0.05, 0.1) is 15.6 Å². The van der Waals surface area contributed by atoms with Crippen molar-refractivity contribution in [3.8, 4) is 11.5 Å². The summed E-state index contributed by atoms with van der Waals surface area (Å²) in [6.07, 6.45) is 0. The molecular formula is C9H4Cl2N2O3. The highest BCUT2D eigenvalue weighted by molar-refractivity contribution is 6.43. The Hall–Kier alpha value is -1.59. The molecule has 5 nitrogen and oxygen atoms in total. The van der Waals surface area contributed by atoms with Crippen molar-refractivity contribution in [2.75, 3.05) is 0 Å². The summed E-state index contributed by atoms with van der Waals surface area (Å²) in [6, 6.07) is 4.85. The van der Waals surface area contributed by atoms with Crippen LogP contribution in [0.2, 0.25) is 10.0 Å². The van der Waals surface area contributed by atoms with E-state index in [0.717, 1.165) is 0 Å². The number of halogens is 2. The van der Waals surface area contributed by atoms with E-state index >= 15 is 0 Å². The average molecular weight is 259 g/mol. The van der Waals surface area contributed by atoms with Crippen LogP contribution in [-0.2, 0) is 0 Å². The molecule has 0 saturated carbocycles. The van der Waals surface area contributed by atoms with Gasteiger partial charge in [0.2, 0.25) is 5.89 Å². The maximum atomic E-state index is 10.5. The zero-order valence-corrected chi connectivity index (χ0v) is 9.16. The van der Waals surface area contributed by atoms with Crippen LogP contribution in [0, 0.1) is 0 Å². The molecule has 0 spiro atoms. The first-order valence-corrected chi connectivity index (χ1v) is 4.86. The lowest BCUT2D eigenvalue weighted by molar-refractivity contribution is 0.0654. The maximum absolute atomic E-state index is 10.5. The summed E-state index contributed by atoms with van der Waals surface area (Å²) in [6.45, 7) is 0. The molecule has 7 heteroatoms. The lowest BCUT2D eigenvalue weighted by Crippen LogP contribution is -1.95. The van der Waals surface area contributed by atoms with Crippen LogP contribution >= 0.6 is 23.2 Å². The van der Waals surface area contributed by atoms with Crippen molar-refractivity contribution >= 4 is 29.2 Å². The van der Waals surface area contributed by atoms with Gasteiger partial charge in [0.25, 0.3) is 0 Å². The number of carboxylic acid groups (broad SMARTS) is 1. The van der Waals surface area contributed by atoms with Gasteiger partial charge >= 0.3 is 11.9 Å². The molecule has 0 saturated heterocycles. The first kappa shape index (κ1) is 10.9. The minimum absolute atomic E-state index is 0.0184. The third kappa shape index (κ3) is 1.87. The first-order valence-electron chi connectivity index (χ1n) is 4.11. The molecule has 0 fully saturated rings. The number of carboxylic acids is 1. The fourth-order valence-corrected chi connectivity index (χ4v) is 1.47. The highest BCUT2D eigenvalue weighted by Crippen LogP contribution is 2.32. The summed E-state index contributed by atoms with van der Waals surface area (Å²) < 4.78 is 4.90. The molecule has 0 amide bonds. The molecule has 0 aliphatic carbocycles. The molecule has 0 unspecified atom stereocenters. The number of aromatic nitrogens is 2. The highest BCUT2D eigenvalue weighted by Gasteiger charge is 2.17. The zero-order valence-electron chi connectivity index (χ0n) is 7.65. The van der Waals surface area contributed by atoms with E-state index in [1.54, 1.807) is 18.2 Å². The van der Waals surface area contributed by atoms with Gasteiger partial charge in [-0.25, -0.2) is 4.79 Å². The molecular weight excluding hydrogens is 255 g/mol. The van der Waals surface area contributed by atoms with Crippen molar-refractivity contribution in [3.63, 3.8) is 0 Å². The van der Waals surface area contributed by atoms with E-state index in [1.807, 2.05) is 0 Å². The van der Waals surface area contributed by atoms with E-state index in [9.17, 15) is 4.79 Å². The summed E-state index contributed by atoms with van der Waals surface area (Å²) in [5.41, 5.74) is 0.397. The Kier molecular flexibility index (Phi) is 2.80. The number of carbonyl (C=O) groups is 1. The van der Waals surface area contributed by atoms with Gasteiger partial charge in [0.1, 0.15) is 0 Å².